The summed E-state index contributed by atoms with van der Waals surface area (Å²) in [6.45, 7) is 3.40. The van der Waals surface area contributed by atoms with Crippen LogP contribution in [0.1, 0.15) is 23.9 Å². The molecule has 1 atom stereocenters. The van der Waals surface area contributed by atoms with Crippen LogP contribution in [0.15, 0.2) is 46.6 Å². The first kappa shape index (κ1) is 18.8. The number of carboxylic acids is 1. The lowest BCUT2D eigenvalue weighted by atomic mass is 10.1. The van der Waals surface area contributed by atoms with E-state index >= 15 is 0 Å². The van der Waals surface area contributed by atoms with E-state index in [1.165, 1.54) is 22.3 Å². The maximum absolute atomic E-state index is 13.0. The Morgan fingerprint density at radius 3 is 2.86 bits per heavy atom. The fourth-order valence-electron chi connectivity index (χ4n) is 3.15. The van der Waals surface area contributed by atoms with E-state index in [-0.39, 0.29) is 12.0 Å². The number of nitrogens with one attached hydrogen (secondary N) is 2. The predicted octanol–water partition coefficient (Wildman–Crippen LogP) is 2.31. The maximum atomic E-state index is 13.0. The number of aromatic nitrogens is 5. The third-order valence-corrected chi connectivity index (χ3v) is 5.53. The largest absolute Gasteiger partial charge is 0.480 e. The van der Waals surface area contributed by atoms with Gasteiger partial charge in [-0.25, -0.2) is 14.8 Å². The normalized spacial score (nSPS) is 13.1. The monoisotopic (exact) mass is 410 g/mol. The summed E-state index contributed by atoms with van der Waals surface area (Å²) in [4.78, 5) is 40.3. The highest BCUT2D eigenvalue weighted by Gasteiger charge is 2.22. The second kappa shape index (κ2) is 7.47. The Morgan fingerprint density at radius 2 is 2.17 bits per heavy atom. The number of benzene rings is 1. The highest BCUT2D eigenvalue weighted by atomic mass is 32.1. The lowest BCUT2D eigenvalue weighted by Gasteiger charge is -2.07. The van der Waals surface area contributed by atoms with E-state index in [1.807, 2.05) is 24.3 Å². The standard InChI is InChI=1S/C19H18N6O3S/c1-10(22-14(18(27)28)7-12-8-20-9-21-12)16-11(2)24-25(17(16)26)19-23-13-5-3-4-6-15(13)29-19/h3-6,8-9,14,24H,7H2,1-2H3,(H,20,21)(H,27,28)/t14-/m0/s1. The van der Waals surface area contributed by atoms with Crippen LogP contribution >= 0.6 is 11.3 Å². The van der Waals surface area contributed by atoms with Crippen molar-refractivity contribution in [3.63, 3.8) is 0 Å². The van der Waals surface area contributed by atoms with E-state index in [0.29, 0.717) is 27.8 Å². The minimum absolute atomic E-state index is 0.155. The van der Waals surface area contributed by atoms with Crippen molar-refractivity contribution in [2.45, 2.75) is 26.3 Å². The number of aliphatic carboxylic acids is 1. The van der Waals surface area contributed by atoms with E-state index in [9.17, 15) is 14.7 Å². The Labute approximate surface area is 168 Å². The zero-order valence-corrected chi connectivity index (χ0v) is 16.5. The zero-order valence-electron chi connectivity index (χ0n) is 15.7. The van der Waals surface area contributed by atoms with Gasteiger partial charge in [0.1, 0.15) is 0 Å². The molecule has 3 N–H and O–H groups in total. The first-order valence-corrected chi connectivity index (χ1v) is 9.68. The Morgan fingerprint density at radius 1 is 1.38 bits per heavy atom. The number of fused-ring (bicyclic) bond motifs is 1. The third kappa shape index (κ3) is 3.61. The summed E-state index contributed by atoms with van der Waals surface area (Å²) in [5.41, 5.74) is 2.46. The molecule has 1 aromatic carbocycles. The quantitative estimate of drug-likeness (QED) is 0.420. The molecule has 10 heteroatoms. The summed E-state index contributed by atoms with van der Waals surface area (Å²) in [7, 11) is 0. The van der Waals surface area contributed by atoms with Crippen molar-refractivity contribution in [2.24, 2.45) is 4.99 Å². The molecule has 0 saturated heterocycles. The highest BCUT2D eigenvalue weighted by molar-refractivity contribution is 7.20. The fourth-order valence-corrected chi connectivity index (χ4v) is 4.08. The van der Waals surface area contributed by atoms with Crippen molar-refractivity contribution >= 4 is 33.2 Å². The van der Waals surface area contributed by atoms with Gasteiger partial charge >= 0.3 is 5.97 Å². The molecule has 4 rings (SSSR count). The molecule has 0 radical (unpaired) electrons. The SMILES string of the molecule is CC(=N[C@@H](Cc1cnc[nH]1)C(=O)O)c1c(C)[nH]n(-c2nc3ccccc3s2)c1=O. The van der Waals surface area contributed by atoms with Gasteiger partial charge in [-0.3, -0.25) is 14.9 Å². The van der Waals surface area contributed by atoms with E-state index in [2.05, 4.69) is 25.0 Å². The number of thiazole rings is 1. The number of carboxylic acid groups (broad SMARTS) is 1. The van der Waals surface area contributed by atoms with Gasteiger partial charge in [0.05, 0.1) is 22.1 Å². The van der Waals surface area contributed by atoms with Crippen LogP contribution in [0.25, 0.3) is 15.3 Å². The van der Waals surface area contributed by atoms with Crippen LogP contribution in [0, 0.1) is 6.92 Å². The molecule has 29 heavy (non-hydrogen) atoms. The molecule has 0 spiro atoms. The summed E-state index contributed by atoms with van der Waals surface area (Å²) < 4.78 is 2.35. The molecule has 0 aliphatic heterocycles. The van der Waals surface area contributed by atoms with Gasteiger partial charge in [0.2, 0.25) is 5.13 Å². The van der Waals surface area contributed by atoms with Gasteiger partial charge in [-0.05, 0) is 26.0 Å². The van der Waals surface area contributed by atoms with Crippen molar-refractivity contribution in [1.29, 1.82) is 0 Å². The number of aromatic amines is 2. The molecule has 3 heterocycles. The number of nitrogens with zero attached hydrogens (tertiary/aromatic N) is 4. The van der Waals surface area contributed by atoms with Crippen molar-refractivity contribution in [1.82, 2.24) is 24.7 Å². The lowest BCUT2D eigenvalue weighted by Crippen LogP contribution is -2.25. The van der Waals surface area contributed by atoms with E-state index in [0.717, 1.165) is 10.2 Å². The molecular weight excluding hydrogens is 392 g/mol. The molecule has 0 aliphatic rings. The number of aliphatic imine (C=N–C) groups is 1. The Balaban J connectivity index is 1.71. The summed E-state index contributed by atoms with van der Waals surface area (Å²) in [6, 6.07) is 6.61. The molecule has 9 nitrogen and oxygen atoms in total. The average Bonchev–Trinajstić information content (AvgIpc) is 3.39. The minimum atomic E-state index is -1.07. The van der Waals surface area contributed by atoms with E-state index in [1.54, 1.807) is 20.0 Å². The fraction of sp³-hybridized carbons (Fsp3) is 0.211. The number of rotatable bonds is 6. The van der Waals surface area contributed by atoms with Crippen LogP contribution < -0.4 is 5.56 Å². The van der Waals surface area contributed by atoms with Gasteiger partial charge < -0.3 is 10.1 Å². The third-order valence-electron chi connectivity index (χ3n) is 4.51. The highest BCUT2D eigenvalue weighted by Crippen LogP contribution is 2.23. The van der Waals surface area contributed by atoms with Crippen molar-refractivity contribution < 1.29 is 9.90 Å². The smallest absolute Gasteiger partial charge is 0.328 e. The van der Waals surface area contributed by atoms with Crippen LogP contribution in [0.2, 0.25) is 0 Å². The van der Waals surface area contributed by atoms with Gasteiger partial charge in [-0.15, -0.1) is 0 Å². The molecule has 0 aliphatic carbocycles. The van der Waals surface area contributed by atoms with Crippen molar-refractivity contribution in [3.05, 3.63) is 64.1 Å². The number of aryl methyl sites for hydroxylation is 1. The van der Waals surface area contributed by atoms with Gasteiger partial charge in [0.25, 0.3) is 5.56 Å². The number of imidazole rings is 1. The topological polar surface area (TPSA) is 129 Å². The van der Waals surface area contributed by atoms with Crippen molar-refractivity contribution in [3.8, 4) is 5.13 Å². The molecule has 148 valence electrons. The van der Waals surface area contributed by atoms with Gasteiger partial charge in [-0.1, -0.05) is 23.5 Å². The van der Waals surface area contributed by atoms with E-state index < -0.39 is 12.0 Å². The second-order valence-corrected chi connectivity index (χ2v) is 7.58. The van der Waals surface area contributed by atoms with Gasteiger partial charge in [0.15, 0.2) is 6.04 Å². The lowest BCUT2D eigenvalue weighted by molar-refractivity contribution is -0.138. The Bertz CT molecular complexity index is 1230. The van der Waals surface area contributed by atoms with Crippen LogP contribution in [0.3, 0.4) is 0 Å². The molecule has 3 aromatic heterocycles. The van der Waals surface area contributed by atoms with Crippen LogP contribution in [-0.4, -0.2) is 47.6 Å². The van der Waals surface area contributed by atoms with Crippen molar-refractivity contribution in [2.75, 3.05) is 0 Å². The molecular formula is C19H18N6O3S. The minimum Gasteiger partial charge on any atom is -0.480 e. The second-order valence-electron chi connectivity index (χ2n) is 6.57. The first-order valence-electron chi connectivity index (χ1n) is 8.86. The molecule has 0 unspecified atom stereocenters. The summed E-state index contributed by atoms with van der Waals surface area (Å²) in [5, 5.41) is 13.1. The summed E-state index contributed by atoms with van der Waals surface area (Å²) >= 11 is 1.40. The molecule has 0 fully saturated rings. The Hall–Kier alpha value is -3.53. The van der Waals surface area contributed by atoms with Crippen LogP contribution in [0.5, 0.6) is 0 Å². The zero-order chi connectivity index (χ0) is 20.5. The molecule has 4 aromatic rings. The molecule has 0 amide bonds. The van der Waals surface area contributed by atoms with Crippen LogP contribution in [0.4, 0.5) is 0 Å². The predicted molar refractivity (Wildman–Crippen MR) is 110 cm³/mol. The number of hydrogen-bond donors (Lipinski definition) is 3. The molecule has 0 saturated carbocycles. The Kier molecular flexibility index (Phi) is 4.85. The molecule has 0 bridgehead atoms. The average molecular weight is 410 g/mol. The number of para-hydroxylation sites is 1. The number of carbonyl (C=O) groups is 1. The van der Waals surface area contributed by atoms with Gasteiger partial charge in [0, 0.05) is 29.7 Å². The number of H-pyrrole nitrogens is 2. The van der Waals surface area contributed by atoms with Crippen LogP contribution in [-0.2, 0) is 11.2 Å². The maximum Gasteiger partial charge on any atom is 0.328 e. The summed E-state index contributed by atoms with van der Waals surface area (Å²) in [6.07, 6.45) is 3.20. The van der Waals surface area contributed by atoms with Gasteiger partial charge in [-0.2, -0.15) is 4.68 Å². The number of hydrogen-bond acceptors (Lipinski definition) is 6. The summed E-state index contributed by atoms with van der Waals surface area (Å²) in [5.74, 6) is -1.07. The first-order chi connectivity index (χ1) is 13.9. The van der Waals surface area contributed by atoms with E-state index in [4.69, 9.17) is 0 Å².